The van der Waals surface area contributed by atoms with Crippen molar-refractivity contribution >= 4 is 15.7 Å². The Morgan fingerprint density at radius 3 is 2.50 bits per heavy atom. The zero-order chi connectivity index (χ0) is 19.5. The van der Waals surface area contributed by atoms with Gasteiger partial charge in [0.25, 0.3) is 0 Å². The van der Waals surface area contributed by atoms with E-state index in [9.17, 15) is 17.6 Å². The van der Waals surface area contributed by atoms with Gasteiger partial charge in [-0.2, -0.15) is 0 Å². The summed E-state index contributed by atoms with van der Waals surface area (Å²) in [4.78, 5) is 13.9. The Bertz CT molecular complexity index is 909. The number of sulfone groups is 1. The molecule has 2 aromatic rings. The van der Waals surface area contributed by atoms with Crippen molar-refractivity contribution in [2.24, 2.45) is 0 Å². The summed E-state index contributed by atoms with van der Waals surface area (Å²) in [6.07, 6.45) is 0. The second kappa shape index (κ2) is 7.99. The zero-order valence-electron chi connectivity index (χ0n) is 15.5. The molecule has 4 nitrogen and oxygen atoms in total. The molecule has 0 aliphatic rings. The highest BCUT2D eigenvalue weighted by Crippen LogP contribution is 2.18. The Kier molecular flexibility index (Phi) is 6.18. The van der Waals surface area contributed by atoms with Crippen LogP contribution >= 0.6 is 0 Å². The zero-order valence-corrected chi connectivity index (χ0v) is 16.3. The van der Waals surface area contributed by atoms with Gasteiger partial charge in [0.1, 0.15) is 11.1 Å². The fourth-order valence-electron chi connectivity index (χ4n) is 2.75. The monoisotopic (exact) mass is 377 g/mol. The lowest BCUT2D eigenvalue weighted by Crippen LogP contribution is -2.39. The summed E-state index contributed by atoms with van der Waals surface area (Å²) in [7, 11) is -2.14. The van der Waals surface area contributed by atoms with E-state index in [2.05, 4.69) is 0 Å². The first-order chi connectivity index (χ1) is 12.1. The first-order valence-corrected chi connectivity index (χ1v) is 10.1. The molecule has 0 N–H and O–H groups in total. The van der Waals surface area contributed by atoms with Crippen LogP contribution in [0.5, 0.6) is 0 Å². The maximum atomic E-state index is 13.3. The molecular weight excluding hydrogens is 353 g/mol. The van der Waals surface area contributed by atoms with Crippen molar-refractivity contribution in [1.29, 1.82) is 0 Å². The van der Waals surface area contributed by atoms with Gasteiger partial charge in [0, 0.05) is 13.6 Å². The average molecular weight is 377 g/mol. The van der Waals surface area contributed by atoms with Crippen molar-refractivity contribution in [2.45, 2.75) is 38.3 Å². The summed E-state index contributed by atoms with van der Waals surface area (Å²) in [6, 6.07) is 11.5. The molecule has 1 unspecified atom stereocenters. The van der Waals surface area contributed by atoms with Crippen LogP contribution < -0.4 is 0 Å². The fourth-order valence-corrected chi connectivity index (χ4v) is 4.23. The molecule has 1 amide bonds. The molecule has 0 saturated heterocycles. The van der Waals surface area contributed by atoms with Crippen molar-refractivity contribution in [3.8, 4) is 0 Å². The number of benzene rings is 2. The minimum atomic E-state index is -3.66. The van der Waals surface area contributed by atoms with E-state index >= 15 is 0 Å². The van der Waals surface area contributed by atoms with Crippen LogP contribution in [0.2, 0.25) is 0 Å². The highest BCUT2D eigenvalue weighted by atomic mass is 32.2. The molecule has 140 valence electrons. The van der Waals surface area contributed by atoms with Crippen molar-refractivity contribution in [2.75, 3.05) is 7.05 Å². The Hall–Kier alpha value is -2.21. The van der Waals surface area contributed by atoms with Crippen LogP contribution in [0.4, 0.5) is 4.39 Å². The number of hydrogen-bond donors (Lipinski definition) is 0. The van der Waals surface area contributed by atoms with E-state index in [1.54, 1.807) is 12.1 Å². The largest absolute Gasteiger partial charge is 0.340 e. The molecule has 2 aromatic carbocycles. The normalized spacial score (nSPS) is 12.7. The number of carbonyl (C=O) groups excluding carboxylic acids is 1. The topological polar surface area (TPSA) is 54.5 Å². The quantitative estimate of drug-likeness (QED) is 0.775. The molecule has 0 aliphatic carbocycles. The van der Waals surface area contributed by atoms with E-state index in [-0.39, 0.29) is 18.1 Å². The Labute approximate surface area is 154 Å². The maximum absolute atomic E-state index is 13.3. The Morgan fingerprint density at radius 1 is 1.15 bits per heavy atom. The molecule has 0 fully saturated rings. The molecule has 1 atom stereocenters. The summed E-state index contributed by atoms with van der Waals surface area (Å²) in [5, 5.41) is -1.17. The van der Waals surface area contributed by atoms with Crippen molar-refractivity contribution in [3.05, 3.63) is 70.5 Å². The molecule has 6 heteroatoms. The second-order valence-electron chi connectivity index (χ2n) is 6.70. The highest BCUT2D eigenvalue weighted by molar-refractivity contribution is 7.92. The molecule has 0 bridgehead atoms. The lowest BCUT2D eigenvalue weighted by molar-refractivity contribution is -0.129. The SMILES string of the molecule is Cc1ccc(C)c(CS(=O)(=O)C(C)C(=O)N(C)Cc2cccc(F)c2)c1. The lowest BCUT2D eigenvalue weighted by atomic mass is 10.1. The van der Waals surface area contributed by atoms with Crippen molar-refractivity contribution < 1.29 is 17.6 Å². The molecule has 2 rings (SSSR count). The van der Waals surface area contributed by atoms with Crippen LogP contribution in [0.3, 0.4) is 0 Å². The summed E-state index contributed by atoms with van der Waals surface area (Å²) in [5.74, 6) is -1.07. The van der Waals surface area contributed by atoms with Gasteiger partial charge in [-0.3, -0.25) is 4.79 Å². The lowest BCUT2D eigenvalue weighted by Gasteiger charge is -2.22. The number of rotatable bonds is 6. The first kappa shape index (κ1) is 20.1. The minimum Gasteiger partial charge on any atom is -0.340 e. The maximum Gasteiger partial charge on any atom is 0.240 e. The second-order valence-corrected chi connectivity index (χ2v) is 9.03. The molecule has 26 heavy (non-hydrogen) atoms. The van der Waals surface area contributed by atoms with Gasteiger partial charge in [-0.15, -0.1) is 0 Å². The smallest absolute Gasteiger partial charge is 0.240 e. The summed E-state index contributed by atoms with van der Waals surface area (Å²) in [5.41, 5.74) is 3.17. The van der Waals surface area contributed by atoms with Gasteiger partial charge in [-0.1, -0.05) is 35.9 Å². The van der Waals surface area contributed by atoms with Crippen LogP contribution in [-0.2, 0) is 26.9 Å². The van der Waals surface area contributed by atoms with E-state index in [1.807, 2.05) is 32.0 Å². The molecule has 0 aliphatic heterocycles. The fraction of sp³-hybridized carbons (Fsp3) is 0.350. The molecule has 0 radical (unpaired) electrons. The first-order valence-electron chi connectivity index (χ1n) is 8.37. The Morgan fingerprint density at radius 2 is 1.85 bits per heavy atom. The van der Waals surface area contributed by atoms with E-state index < -0.39 is 21.0 Å². The summed E-state index contributed by atoms with van der Waals surface area (Å²) < 4.78 is 38.7. The van der Waals surface area contributed by atoms with Gasteiger partial charge in [-0.05, 0) is 49.6 Å². The van der Waals surface area contributed by atoms with E-state index in [1.165, 1.54) is 31.0 Å². The molecule has 0 spiro atoms. The van der Waals surface area contributed by atoms with Gasteiger partial charge in [0.2, 0.25) is 5.91 Å². The molecule has 0 saturated carbocycles. The molecular formula is C20H24FNO3S. The standard InChI is InChI=1S/C20H24FNO3S/c1-14-8-9-15(2)18(10-14)13-26(24,25)16(3)20(23)22(4)12-17-6-5-7-19(21)11-17/h5-11,16H,12-13H2,1-4H3. The average Bonchev–Trinajstić information content (AvgIpc) is 2.56. The predicted molar refractivity (Wildman–Crippen MR) is 101 cm³/mol. The van der Waals surface area contributed by atoms with Crippen LogP contribution in [0, 0.1) is 19.7 Å². The van der Waals surface area contributed by atoms with Crippen molar-refractivity contribution in [1.82, 2.24) is 4.90 Å². The van der Waals surface area contributed by atoms with Crippen LogP contribution in [-0.4, -0.2) is 31.5 Å². The van der Waals surface area contributed by atoms with Gasteiger partial charge < -0.3 is 4.90 Å². The number of nitrogens with zero attached hydrogens (tertiary/aromatic N) is 1. The predicted octanol–water partition coefficient (Wildman–Crippen LogP) is 3.40. The van der Waals surface area contributed by atoms with Gasteiger partial charge >= 0.3 is 0 Å². The van der Waals surface area contributed by atoms with Gasteiger partial charge in [0.05, 0.1) is 5.75 Å². The van der Waals surface area contributed by atoms with Crippen LogP contribution in [0.1, 0.15) is 29.2 Å². The number of carbonyl (C=O) groups is 1. The third-order valence-electron chi connectivity index (χ3n) is 4.43. The van der Waals surface area contributed by atoms with E-state index in [0.29, 0.717) is 11.1 Å². The minimum absolute atomic E-state index is 0.153. The summed E-state index contributed by atoms with van der Waals surface area (Å²) in [6.45, 7) is 5.31. The van der Waals surface area contributed by atoms with E-state index in [4.69, 9.17) is 0 Å². The third kappa shape index (κ3) is 4.91. The number of hydrogen-bond acceptors (Lipinski definition) is 3. The molecule has 0 aromatic heterocycles. The third-order valence-corrected chi connectivity index (χ3v) is 6.43. The van der Waals surface area contributed by atoms with Crippen LogP contribution in [0.25, 0.3) is 0 Å². The number of aryl methyl sites for hydroxylation is 2. The molecule has 0 heterocycles. The Balaban J connectivity index is 2.13. The number of halogens is 1. The van der Waals surface area contributed by atoms with E-state index in [0.717, 1.165) is 11.1 Å². The van der Waals surface area contributed by atoms with Gasteiger partial charge in [-0.25, -0.2) is 12.8 Å². The van der Waals surface area contributed by atoms with Crippen LogP contribution in [0.15, 0.2) is 42.5 Å². The number of amides is 1. The van der Waals surface area contributed by atoms with Gasteiger partial charge in [0.15, 0.2) is 9.84 Å². The summed E-state index contributed by atoms with van der Waals surface area (Å²) >= 11 is 0. The highest BCUT2D eigenvalue weighted by Gasteiger charge is 2.30. The van der Waals surface area contributed by atoms with Crippen molar-refractivity contribution in [3.63, 3.8) is 0 Å².